The van der Waals surface area contributed by atoms with E-state index in [0.29, 0.717) is 5.95 Å². The van der Waals surface area contributed by atoms with Gasteiger partial charge in [-0.25, -0.2) is 4.98 Å². The summed E-state index contributed by atoms with van der Waals surface area (Å²) in [6.45, 7) is 5.93. The summed E-state index contributed by atoms with van der Waals surface area (Å²) in [6.07, 6.45) is 2.02. The zero-order chi connectivity index (χ0) is 15.1. The molecule has 3 rings (SSSR count). The van der Waals surface area contributed by atoms with E-state index in [0.717, 1.165) is 28.2 Å². The van der Waals surface area contributed by atoms with Crippen molar-refractivity contribution in [1.82, 2.24) is 19.3 Å². The summed E-state index contributed by atoms with van der Waals surface area (Å²) in [6, 6.07) is 5.84. The Hall–Kier alpha value is -2.50. The number of nitrogens with two attached hydrogens (primary N) is 1. The van der Waals surface area contributed by atoms with Crippen molar-refractivity contribution >= 4 is 17.0 Å². The van der Waals surface area contributed by atoms with Crippen molar-refractivity contribution in [3.63, 3.8) is 0 Å². The molecule has 0 aliphatic heterocycles. The number of para-hydroxylation sites is 1. The van der Waals surface area contributed by atoms with Gasteiger partial charge in [0.05, 0.1) is 23.0 Å². The fourth-order valence-electron chi connectivity index (χ4n) is 2.50. The van der Waals surface area contributed by atoms with Crippen molar-refractivity contribution in [3.8, 4) is 11.4 Å². The van der Waals surface area contributed by atoms with Gasteiger partial charge in [-0.1, -0.05) is 6.07 Å². The topological polar surface area (TPSA) is 70.9 Å². The Kier molecular flexibility index (Phi) is 3.08. The number of imidazole rings is 1. The molecule has 0 amide bonds. The molecule has 0 saturated heterocycles. The molecule has 3 aromatic rings. The van der Waals surface area contributed by atoms with E-state index in [4.69, 9.17) is 10.5 Å². The highest BCUT2D eigenvalue weighted by Crippen LogP contribution is 2.30. The highest BCUT2D eigenvalue weighted by molar-refractivity contribution is 5.86. The number of ether oxygens (including phenoxy) is 1. The standard InChI is InChI=1S/C15H19N5O/c1-9(2)21-13-7-5-6-11-14(13)17-15(16)20(11)12-8-19(4)18-10(12)3/h5-9H,1-4H3,(H2,16,17). The normalized spacial score (nSPS) is 11.5. The lowest BCUT2D eigenvalue weighted by atomic mass is 10.2. The van der Waals surface area contributed by atoms with Crippen LogP contribution in [0.15, 0.2) is 24.4 Å². The maximum Gasteiger partial charge on any atom is 0.206 e. The molecule has 0 unspecified atom stereocenters. The number of nitrogen functional groups attached to an aromatic ring is 1. The van der Waals surface area contributed by atoms with E-state index in [1.807, 2.05) is 56.8 Å². The fraction of sp³-hybridized carbons (Fsp3) is 0.333. The van der Waals surface area contributed by atoms with Gasteiger partial charge in [0, 0.05) is 13.2 Å². The molecule has 0 aliphatic carbocycles. The average Bonchev–Trinajstić information content (AvgIpc) is 2.88. The minimum Gasteiger partial charge on any atom is -0.489 e. The zero-order valence-corrected chi connectivity index (χ0v) is 12.7. The number of benzene rings is 1. The van der Waals surface area contributed by atoms with Gasteiger partial charge in [0.25, 0.3) is 0 Å². The van der Waals surface area contributed by atoms with Gasteiger partial charge in [0.1, 0.15) is 11.3 Å². The first kappa shape index (κ1) is 13.5. The SMILES string of the molecule is Cc1nn(C)cc1-n1c(N)nc2c(OC(C)C)cccc21. The van der Waals surface area contributed by atoms with Crippen LogP contribution in [0.4, 0.5) is 5.95 Å². The minimum atomic E-state index is 0.0853. The minimum absolute atomic E-state index is 0.0853. The summed E-state index contributed by atoms with van der Waals surface area (Å²) in [5.74, 6) is 1.18. The maximum atomic E-state index is 6.12. The quantitative estimate of drug-likeness (QED) is 0.802. The molecule has 21 heavy (non-hydrogen) atoms. The third kappa shape index (κ3) is 2.22. The molecule has 0 bridgehead atoms. The molecule has 0 fully saturated rings. The van der Waals surface area contributed by atoms with Crippen molar-refractivity contribution in [1.29, 1.82) is 0 Å². The molecule has 0 radical (unpaired) electrons. The molecule has 0 aliphatic rings. The van der Waals surface area contributed by atoms with Crippen LogP contribution in [0.3, 0.4) is 0 Å². The first-order chi connectivity index (χ1) is 9.97. The van der Waals surface area contributed by atoms with Gasteiger partial charge in [-0.05, 0) is 32.9 Å². The van der Waals surface area contributed by atoms with E-state index in [1.165, 1.54) is 0 Å². The van der Waals surface area contributed by atoms with Gasteiger partial charge in [-0.15, -0.1) is 0 Å². The molecule has 2 N–H and O–H groups in total. The Bertz CT molecular complexity index is 800. The maximum absolute atomic E-state index is 6.12. The van der Waals surface area contributed by atoms with Crippen LogP contribution in [0.1, 0.15) is 19.5 Å². The van der Waals surface area contributed by atoms with Gasteiger partial charge in [-0.2, -0.15) is 5.10 Å². The van der Waals surface area contributed by atoms with E-state index in [1.54, 1.807) is 4.68 Å². The molecule has 110 valence electrons. The van der Waals surface area contributed by atoms with Crippen LogP contribution in [0.25, 0.3) is 16.7 Å². The summed E-state index contributed by atoms with van der Waals surface area (Å²) in [7, 11) is 1.89. The van der Waals surface area contributed by atoms with Crippen molar-refractivity contribution in [2.45, 2.75) is 26.9 Å². The smallest absolute Gasteiger partial charge is 0.206 e. The molecule has 0 spiro atoms. The Labute approximate surface area is 123 Å². The first-order valence-corrected chi connectivity index (χ1v) is 6.91. The molecule has 0 atom stereocenters. The summed E-state index contributed by atoms with van der Waals surface area (Å²) < 4.78 is 9.49. The summed E-state index contributed by atoms with van der Waals surface area (Å²) >= 11 is 0. The van der Waals surface area contributed by atoms with E-state index in [-0.39, 0.29) is 6.10 Å². The number of anilines is 1. The van der Waals surface area contributed by atoms with Gasteiger partial charge in [-0.3, -0.25) is 9.25 Å². The van der Waals surface area contributed by atoms with E-state index < -0.39 is 0 Å². The number of aryl methyl sites for hydroxylation is 2. The summed E-state index contributed by atoms with van der Waals surface area (Å²) in [5, 5.41) is 4.37. The van der Waals surface area contributed by atoms with Crippen LogP contribution in [-0.4, -0.2) is 25.4 Å². The lowest BCUT2D eigenvalue weighted by molar-refractivity contribution is 0.245. The number of fused-ring (bicyclic) bond motifs is 1. The van der Waals surface area contributed by atoms with Crippen LogP contribution in [0.5, 0.6) is 5.75 Å². The van der Waals surface area contributed by atoms with Crippen LogP contribution < -0.4 is 10.5 Å². The van der Waals surface area contributed by atoms with Crippen LogP contribution in [-0.2, 0) is 7.05 Å². The van der Waals surface area contributed by atoms with E-state index in [2.05, 4.69) is 10.1 Å². The van der Waals surface area contributed by atoms with Crippen molar-refractivity contribution in [2.75, 3.05) is 5.73 Å². The van der Waals surface area contributed by atoms with Crippen molar-refractivity contribution in [3.05, 3.63) is 30.1 Å². The summed E-state index contributed by atoms with van der Waals surface area (Å²) in [4.78, 5) is 4.47. The largest absolute Gasteiger partial charge is 0.489 e. The van der Waals surface area contributed by atoms with Gasteiger partial charge < -0.3 is 10.5 Å². The number of hydrogen-bond donors (Lipinski definition) is 1. The molecule has 2 heterocycles. The third-order valence-corrected chi connectivity index (χ3v) is 3.27. The zero-order valence-electron chi connectivity index (χ0n) is 12.7. The lowest BCUT2D eigenvalue weighted by Crippen LogP contribution is -2.05. The number of rotatable bonds is 3. The molecular formula is C15H19N5O. The highest BCUT2D eigenvalue weighted by Gasteiger charge is 2.17. The number of nitrogens with zero attached hydrogens (tertiary/aromatic N) is 4. The Morgan fingerprint density at radius 3 is 2.67 bits per heavy atom. The molecular weight excluding hydrogens is 266 g/mol. The van der Waals surface area contributed by atoms with Crippen molar-refractivity contribution < 1.29 is 4.74 Å². The van der Waals surface area contributed by atoms with Crippen molar-refractivity contribution in [2.24, 2.45) is 7.05 Å². The monoisotopic (exact) mass is 285 g/mol. The Morgan fingerprint density at radius 1 is 1.29 bits per heavy atom. The van der Waals surface area contributed by atoms with Gasteiger partial charge in [0.15, 0.2) is 0 Å². The van der Waals surface area contributed by atoms with Gasteiger partial charge >= 0.3 is 0 Å². The first-order valence-electron chi connectivity index (χ1n) is 6.91. The fourth-order valence-corrected chi connectivity index (χ4v) is 2.50. The lowest BCUT2D eigenvalue weighted by Gasteiger charge is -2.10. The predicted octanol–water partition coefficient (Wildman–Crippen LogP) is 2.44. The second-order valence-corrected chi connectivity index (χ2v) is 5.37. The molecule has 6 nitrogen and oxygen atoms in total. The van der Waals surface area contributed by atoms with E-state index in [9.17, 15) is 0 Å². The molecule has 1 aromatic carbocycles. The molecule has 0 saturated carbocycles. The highest BCUT2D eigenvalue weighted by atomic mass is 16.5. The predicted molar refractivity (Wildman–Crippen MR) is 82.7 cm³/mol. The Morgan fingerprint density at radius 2 is 2.05 bits per heavy atom. The summed E-state index contributed by atoms with van der Waals surface area (Å²) in [5.41, 5.74) is 9.64. The second-order valence-electron chi connectivity index (χ2n) is 5.37. The molecule has 6 heteroatoms. The third-order valence-electron chi connectivity index (χ3n) is 3.27. The van der Waals surface area contributed by atoms with Crippen LogP contribution in [0.2, 0.25) is 0 Å². The Balaban J connectivity index is 2.25. The van der Waals surface area contributed by atoms with Crippen LogP contribution in [0, 0.1) is 6.92 Å². The molecule has 2 aromatic heterocycles. The second kappa shape index (κ2) is 4.80. The number of aromatic nitrogens is 4. The van der Waals surface area contributed by atoms with Crippen LogP contribution >= 0.6 is 0 Å². The van der Waals surface area contributed by atoms with E-state index >= 15 is 0 Å². The average molecular weight is 285 g/mol. The number of hydrogen-bond acceptors (Lipinski definition) is 4. The van der Waals surface area contributed by atoms with Gasteiger partial charge in [0.2, 0.25) is 5.95 Å².